The smallest absolute Gasteiger partial charge is 0.263 e. The lowest BCUT2D eigenvalue weighted by Crippen LogP contribution is -2.26. The first kappa shape index (κ1) is 19.4. The van der Waals surface area contributed by atoms with Crippen LogP contribution in [0, 0.1) is 11.8 Å². The number of aromatic nitrogens is 2. The highest BCUT2D eigenvalue weighted by Gasteiger charge is 2.24. The molecule has 2 aromatic rings. The Hall–Kier alpha value is -1.34. The van der Waals surface area contributed by atoms with Crippen LogP contribution in [-0.2, 0) is 24.2 Å². The number of nitrogens with zero attached hydrogens (tertiary/aromatic N) is 2. The molecule has 2 aromatic heterocycles. The molecule has 3 rings (SSSR count). The van der Waals surface area contributed by atoms with Crippen molar-refractivity contribution < 1.29 is 4.79 Å². The fraction of sp³-hybridized carbons (Fsp3) is 0.632. The summed E-state index contributed by atoms with van der Waals surface area (Å²) in [5.41, 5.74) is 1.30. The van der Waals surface area contributed by atoms with Gasteiger partial charge in [0.05, 0.1) is 11.1 Å². The summed E-state index contributed by atoms with van der Waals surface area (Å²) in [5.74, 6) is 1.39. The van der Waals surface area contributed by atoms with E-state index in [-0.39, 0.29) is 17.2 Å². The predicted octanol–water partition coefficient (Wildman–Crippen LogP) is 3.47. The second kappa shape index (κ2) is 8.13. The first-order valence-electron chi connectivity index (χ1n) is 9.29. The van der Waals surface area contributed by atoms with E-state index in [1.807, 2.05) is 0 Å². The van der Waals surface area contributed by atoms with Gasteiger partial charge in [0.1, 0.15) is 4.83 Å². The lowest BCUT2D eigenvalue weighted by Gasteiger charge is -2.18. The van der Waals surface area contributed by atoms with Gasteiger partial charge in [0.15, 0.2) is 5.16 Å². The van der Waals surface area contributed by atoms with Gasteiger partial charge in [-0.25, -0.2) is 4.98 Å². The third-order valence-electron chi connectivity index (χ3n) is 4.92. The molecule has 1 atom stereocenters. The molecule has 1 aliphatic rings. The van der Waals surface area contributed by atoms with Crippen LogP contribution in [0.5, 0.6) is 0 Å². The molecule has 0 bridgehead atoms. The van der Waals surface area contributed by atoms with E-state index in [9.17, 15) is 9.59 Å². The molecule has 0 fully saturated rings. The van der Waals surface area contributed by atoms with Gasteiger partial charge in [-0.1, -0.05) is 32.5 Å². The Kier molecular flexibility index (Phi) is 6.07. The average Bonchev–Trinajstić information content (AvgIpc) is 2.95. The zero-order valence-electron chi connectivity index (χ0n) is 15.9. The summed E-state index contributed by atoms with van der Waals surface area (Å²) in [5, 5.41) is 4.12. The minimum Gasteiger partial charge on any atom is -0.358 e. The van der Waals surface area contributed by atoms with E-state index in [2.05, 4.69) is 26.1 Å². The molecule has 7 heteroatoms. The second-order valence-corrected chi connectivity index (χ2v) is 9.55. The molecule has 2 heterocycles. The van der Waals surface area contributed by atoms with Crippen LogP contribution < -0.4 is 10.9 Å². The average molecular weight is 394 g/mol. The van der Waals surface area contributed by atoms with Crippen LogP contribution in [-0.4, -0.2) is 28.3 Å². The van der Waals surface area contributed by atoms with Crippen molar-refractivity contribution in [3.8, 4) is 0 Å². The molecule has 5 nitrogen and oxygen atoms in total. The number of amides is 1. The monoisotopic (exact) mass is 393 g/mol. The molecule has 1 amide bonds. The molecule has 0 spiro atoms. The second-order valence-electron chi connectivity index (χ2n) is 7.53. The van der Waals surface area contributed by atoms with Crippen molar-refractivity contribution in [1.29, 1.82) is 0 Å². The Morgan fingerprint density at radius 3 is 2.92 bits per heavy atom. The van der Waals surface area contributed by atoms with Gasteiger partial charge >= 0.3 is 0 Å². The lowest BCUT2D eigenvalue weighted by molar-refractivity contribution is -0.118. The van der Waals surface area contributed by atoms with Crippen molar-refractivity contribution in [2.75, 3.05) is 12.8 Å². The minimum atomic E-state index is -0.0564. The SMILES string of the molecule is CNC(=O)CSc1nc2sc3c(c2c(=O)n1CCC(C)C)CC[C@H](C)C3. The summed E-state index contributed by atoms with van der Waals surface area (Å²) in [6.45, 7) is 7.23. The van der Waals surface area contributed by atoms with Crippen LogP contribution in [0.15, 0.2) is 9.95 Å². The predicted molar refractivity (Wildman–Crippen MR) is 109 cm³/mol. The van der Waals surface area contributed by atoms with E-state index in [0.29, 0.717) is 23.5 Å². The quantitative estimate of drug-likeness (QED) is 0.603. The van der Waals surface area contributed by atoms with Crippen LogP contribution in [0.1, 0.15) is 44.1 Å². The molecule has 1 N–H and O–H groups in total. The summed E-state index contributed by atoms with van der Waals surface area (Å²) in [6.07, 6.45) is 4.08. The molecule has 0 unspecified atom stereocenters. The third-order valence-corrected chi connectivity index (χ3v) is 7.05. The Labute approximate surface area is 162 Å². The molecular weight excluding hydrogens is 366 g/mol. The van der Waals surface area contributed by atoms with E-state index in [1.165, 1.54) is 22.2 Å². The Morgan fingerprint density at radius 2 is 2.23 bits per heavy atom. The van der Waals surface area contributed by atoms with Crippen LogP contribution in [0.2, 0.25) is 0 Å². The number of fused-ring (bicyclic) bond motifs is 3. The van der Waals surface area contributed by atoms with Crippen molar-refractivity contribution >= 4 is 39.2 Å². The Morgan fingerprint density at radius 1 is 1.46 bits per heavy atom. The van der Waals surface area contributed by atoms with Gasteiger partial charge in [-0.3, -0.25) is 14.2 Å². The largest absolute Gasteiger partial charge is 0.358 e. The highest BCUT2D eigenvalue weighted by Crippen LogP contribution is 2.36. The van der Waals surface area contributed by atoms with Gasteiger partial charge in [0.25, 0.3) is 5.56 Å². The van der Waals surface area contributed by atoms with Gasteiger partial charge in [0, 0.05) is 18.5 Å². The number of thioether (sulfide) groups is 1. The molecule has 0 radical (unpaired) electrons. The van der Waals surface area contributed by atoms with Crippen molar-refractivity contribution in [3.63, 3.8) is 0 Å². The molecule has 0 saturated heterocycles. The van der Waals surface area contributed by atoms with Gasteiger partial charge in [0.2, 0.25) is 5.91 Å². The first-order chi connectivity index (χ1) is 12.4. The third kappa shape index (κ3) is 3.98. The molecule has 1 aliphatic carbocycles. The van der Waals surface area contributed by atoms with E-state index < -0.39 is 0 Å². The number of hydrogen-bond donors (Lipinski definition) is 1. The zero-order chi connectivity index (χ0) is 18.8. The maximum Gasteiger partial charge on any atom is 0.263 e. The van der Waals surface area contributed by atoms with E-state index >= 15 is 0 Å². The van der Waals surface area contributed by atoms with Crippen LogP contribution >= 0.6 is 23.1 Å². The first-order valence-corrected chi connectivity index (χ1v) is 11.1. The van der Waals surface area contributed by atoms with Gasteiger partial charge in [-0.15, -0.1) is 11.3 Å². The number of aryl methyl sites for hydroxylation is 1. The Balaban J connectivity index is 2.07. The van der Waals surface area contributed by atoms with Gasteiger partial charge in [-0.05, 0) is 43.1 Å². The number of thiophene rings is 1. The van der Waals surface area contributed by atoms with Crippen LogP contribution in [0.3, 0.4) is 0 Å². The van der Waals surface area contributed by atoms with E-state index in [0.717, 1.165) is 35.9 Å². The van der Waals surface area contributed by atoms with Crippen molar-refractivity contribution in [2.45, 2.75) is 58.2 Å². The van der Waals surface area contributed by atoms with Gasteiger partial charge in [-0.2, -0.15) is 0 Å². The number of hydrogen-bond acceptors (Lipinski definition) is 5. The van der Waals surface area contributed by atoms with E-state index in [4.69, 9.17) is 4.98 Å². The number of carbonyl (C=O) groups is 1. The van der Waals surface area contributed by atoms with E-state index in [1.54, 1.807) is 23.0 Å². The standard InChI is InChI=1S/C19H27N3O2S2/c1-11(2)7-8-22-18(24)16-13-6-5-12(3)9-14(13)26-17(16)21-19(22)25-10-15(23)20-4/h11-12H,5-10H2,1-4H3,(H,20,23)/t12-/m0/s1. The van der Waals surface area contributed by atoms with Crippen molar-refractivity contribution in [3.05, 3.63) is 20.8 Å². The summed E-state index contributed by atoms with van der Waals surface area (Å²) >= 11 is 3.02. The molecule has 0 aliphatic heterocycles. The van der Waals surface area contributed by atoms with Gasteiger partial charge < -0.3 is 5.32 Å². The normalized spacial score (nSPS) is 16.9. The molecule has 142 valence electrons. The number of rotatable bonds is 6. The molecular formula is C19H27N3O2S2. The Bertz CT molecular complexity index is 870. The molecule has 0 aromatic carbocycles. The molecule has 0 saturated carbocycles. The number of carbonyl (C=O) groups excluding carboxylic acids is 1. The summed E-state index contributed by atoms with van der Waals surface area (Å²) in [7, 11) is 1.62. The highest BCUT2D eigenvalue weighted by molar-refractivity contribution is 7.99. The summed E-state index contributed by atoms with van der Waals surface area (Å²) in [4.78, 5) is 32.0. The van der Waals surface area contributed by atoms with Crippen LogP contribution in [0.4, 0.5) is 0 Å². The highest BCUT2D eigenvalue weighted by atomic mass is 32.2. The summed E-state index contributed by atoms with van der Waals surface area (Å²) < 4.78 is 1.79. The maximum absolute atomic E-state index is 13.3. The number of nitrogens with one attached hydrogen (secondary N) is 1. The minimum absolute atomic E-state index is 0.0564. The fourth-order valence-corrected chi connectivity index (χ4v) is 5.62. The summed E-state index contributed by atoms with van der Waals surface area (Å²) in [6, 6.07) is 0. The molecule has 26 heavy (non-hydrogen) atoms. The van der Waals surface area contributed by atoms with Crippen LogP contribution in [0.25, 0.3) is 10.2 Å². The van der Waals surface area contributed by atoms with Crippen molar-refractivity contribution in [1.82, 2.24) is 14.9 Å². The lowest BCUT2D eigenvalue weighted by atomic mass is 9.89. The zero-order valence-corrected chi connectivity index (χ0v) is 17.6. The van der Waals surface area contributed by atoms with Crippen molar-refractivity contribution in [2.24, 2.45) is 11.8 Å². The maximum atomic E-state index is 13.3. The topological polar surface area (TPSA) is 64.0 Å². The fourth-order valence-electron chi connectivity index (χ4n) is 3.30.